The van der Waals surface area contributed by atoms with Crippen LogP contribution in [0.4, 0.5) is 0 Å². The molecule has 0 aliphatic heterocycles. The average molecular weight is 362 g/mol. The maximum atomic E-state index is 13.5. The smallest absolute Gasteiger partial charge is 0.258 e. The lowest BCUT2D eigenvalue weighted by Crippen LogP contribution is -2.39. The van der Waals surface area contributed by atoms with Crippen molar-refractivity contribution in [1.29, 1.82) is 0 Å². The van der Waals surface area contributed by atoms with Crippen molar-refractivity contribution < 1.29 is 0 Å². The van der Waals surface area contributed by atoms with Crippen LogP contribution in [-0.2, 0) is 18.4 Å². The molecule has 0 radical (unpaired) electrons. The van der Waals surface area contributed by atoms with E-state index in [0.717, 1.165) is 35.2 Å². The highest BCUT2D eigenvalue weighted by molar-refractivity contribution is 7.71. The number of benzene rings is 2. The van der Waals surface area contributed by atoms with Crippen molar-refractivity contribution in [3.05, 3.63) is 86.4 Å². The lowest BCUT2D eigenvalue weighted by molar-refractivity contribution is 0.434. The fraction of sp³-hybridized carbons (Fsp3) is 0.273. The van der Waals surface area contributed by atoms with E-state index in [4.69, 9.17) is 12.2 Å². The molecule has 0 bridgehead atoms. The molecule has 0 amide bonds. The summed E-state index contributed by atoms with van der Waals surface area (Å²) in [5, 5.41) is 0. The molecule has 26 heavy (non-hydrogen) atoms. The predicted molar refractivity (Wildman–Crippen MR) is 108 cm³/mol. The van der Waals surface area contributed by atoms with Gasteiger partial charge in [-0.1, -0.05) is 68.4 Å². The van der Waals surface area contributed by atoms with E-state index in [2.05, 4.69) is 37.0 Å². The summed E-state index contributed by atoms with van der Waals surface area (Å²) in [4.78, 5) is 16.9. The van der Waals surface area contributed by atoms with Crippen molar-refractivity contribution in [2.24, 2.45) is 0 Å². The molecular weight excluding hydrogens is 340 g/mol. The minimum absolute atomic E-state index is 0.0338. The summed E-state index contributed by atoms with van der Waals surface area (Å²) in [5.74, 6) is 0. The summed E-state index contributed by atoms with van der Waals surface area (Å²) in [7, 11) is 0. The van der Waals surface area contributed by atoms with Gasteiger partial charge in [-0.05, 0) is 36.2 Å². The number of rotatable bonds is 3. The van der Waals surface area contributed by atoms with Crippen LogP contribution in [0, 0.1) is 4.77 Å². The summed E-state index contributed by atoms with van der Waals surface area (Å²) in [5.41, 5.74) is 5.05. The molecule has 4 heteroatoms. The fourth-order valence-electron chi connectivity index (χ4n) is 3.97. The Morgan fingerprint density at radius 3 is 2.54 bits per heavy atom. The molecule has 1 heterocycles. The zero-order valence-electron chi connectivity index (χ0n) is 15.1. The molecule has 4 rings (SSSR count). The van der Waals surface area contributed by atoms with Gasteiger partial charge < -0.3 is 4.98 Å². The summed E-state index contributed by atoms with van der Waals surface area (Å²) >= 11 is 5.57. The molecule has 1 aliphatic rings. The molecule has 132 valence electrons. The Bertz CT molecular complexity index is 1080. The Morgan fingerprint density at radius 2 is 1.81 bits per heavy atom. The second-order valence-electron chi connectivity index (χ2n) is 7.31. The standard InChI is InChI=1S/C22H22N2OS/c1-3-22(2)13-16-11-7-8-12-17(16)19-18(22)20(25)24(21(26)23-19)14-15-9-5-4-6-10-15/h4-12H,3,13-14H2,1-2H3,(H,23,26)/t22-/m0/s1. The van der Waals surface area contributed by atoms with Gasteiger partial charge in [0.1, 0.15) is 0 Å². The van der Waals surface area contributed by atoms with E-state index >= 15 is 0 Å². The topological polar surface area (TPSA) is 37.8 Å². The summed E-state index contributed by atoms with van der Waals surface area (Å²) in [6.07, 6.45) is 1.78. The Hall–Kier alpha value is -2.46. The fourth-order valence-corrected chi connectivity index (χ4v) is 4.22. The van der Waals surface area contributed by atoms with Crippen LogP contribution >= 0.6 is 12.2 Å². The number of aromatic amines is 1. The third kappa shape index (κ3) is 2.65. The average Bonchev–Trinajstić information content (AvgIpc) is 2.65. The second kappa shape index (κ2) is 6.36. The Kier molecular flexibility index (Phi) is 4.16. The third-order valence-corrected chi connectivity index (χ3v) is 5.94. The van der Waals surface area contributed by atoms with Gasteiger partial charge in [0.2, 0.25) is 0 Å². The molecule has 1 atom stereocenters. The highest BCUT2D eigenvalue weighted by atomic mass is 32.1. The van der Waals surface area contributed by atoms with Gasteiger partial charge in [-0.3, -0.25) is 9.36 Å². The van der Waals surface area contributed by atoms with Crippen LogP contribution in [0.2, 0.25) is 0 Å². The number of H-pyrrole nitrogens is 1. The molecule has 3 nitrogen and oxygen atoms in total. The molecular formula is C22H22N2OS. The van der Waals surface area contributed by atoms with Crippen LogP contribution in [0.1, 0.15) is 37.0 Å². The summed E-state index contributed by atoms with van der Waals surface area (Å²) < 4.78 is 2.18. The normalized spacial score (nSPS) is 18.2. The molecule has 1 aliphatic carbocycles. The van der Waals surface area contributed by atoms with Gasteiger partial charge in [-0.15, -0.1) is 0 Å². The minimum atomic E-state index is -0.196. The maximum absolute atomic E-state index is 13.5. The molecule has 0 saturated heterocycles. The van der Waals surface area contributed by atoms with Gasteiger partial charge in [-0.2, -0.15) is 0 Å². The van der Waals surface area contributed by atoms with Gasteiger partial charge in [0.25, 0.3) is 5.56 Å². The predicted octanol–water partition coefficient (Wildman–Crippen LogP) is 4.84. The van der Waals surface area contributed by atoms with Crippen molar-refractivity contribution in [2.75, 3.05) is 0 Å². The number of nitrogens with one attached hydrogen (secondary N) is 1. The second-order valence-corrected chi connectivity index (χ2v) is 7.69. The van der Waals surface area contributed by atoms with Crippen LogP contribution in [0.5, 0.6) is 0 Å². The Balaban J connectivity index is 1.97. The lowest BCUT2D eigenvalue weighted by atomic mass is 9.69. The molecule has 1 aromatic heterocycles. The number of fused-ring (bicyclic) bond motifs is 3. The van der Waals surface area contributed by atoms with Crippen molar-refractivity contribution in [1.82, 2.24) is 9.55 Å². The minimum Gasteiger partial charge on any atom is -0.331 e. The number of nitrogens with zero attached hydrogens (tertiary/aromatic N) is 1. The van der Waals surface area contributed by atoms with E-state index in [0.29, 0.717) is 11.3 Å². The zero-order valence-corrected chi connectivity index (χ0v) is 15.9. The monoisotopic (exact) mass is 362 g/mol. The lowest BCUT2D eigenvalue weighted by Gasteiger charge is -2.35. The third-order valence-electron chi connectivity index (χ3n) is 5.62. The Labute approximate surface area is 158 Å². The zero-order chi connectivity index (χ0) is 18.3. The molecule has 2 aromatic carbocycles. The molecule has 1 N–H and O–H groups in total. The van der Waals surface area contributed by atoms with Crippen LogP contribution < -0.4 is 5.56 Å². The molecule has 0 fully saturated rings. The summed E-state index contributed by atoms with van der Waals surface area (Å²) in [6.45, 7) is 4.83. The van der Waals surface area contributed by atoms with Crippen LogP contribution in [0.15, 0.2) is 59.4 Å². The highest BCUT2D eigenvalue weighted by Gasteiger charge is 2.37. The van der Waals surface area contributed by atoms with Gasteiger partial charge in [0.05, 0.1) is 12.2 Å². The number of hydrogen-bond donors (Lipinski definition) is 1. The largest absolute Gasteiger partial charge is 0.331 e. The van der Waals surface area contributed by atoms with Crippen molar-refractivity contribution in [2.45, 2.75) is 38.6 Å². The van der Waals surface area contributed by atoms with E-state index in [9.17, 15) is 4.79 Å². The van der Waals surface area contributed by atoms with E-state index in [1.165, 1.54) is 5.56 Å². The first kappa shape index (κ1) is 17.0. The van der Waals surface area contributed by atoms with Gasteiger partial charge in [0.15, 0.2) is 4.77 Å². The molecule has 0 spiro atoms. The Morgan fingerprint density at radius 1 is 1.12 bits per heavy atom. The molecule has 0 unspecified atom stereocenters. The first-order valence-corrected chi connectivity index (χ1v) is 9.44. The van der Waals surface area contributed by atoms with E-state index in [1.54, 1.807) is 4.57 Å². The van der Waals surface area contributed by atoms with Gasteiger partial charge >= 0.3 is 0 Å². The van der Waals surface area contributed by atoms with Crippen LogP contribution in [0.25, 0.3) is 11.3 Å². The van der Waals surface area contributed by atoms with Crippen molar-refractivity contribution >= 4 is 12.2 Å². The summed E-state index contributed by atoms with van der Waals surface area (Å²) in [6, 6.07) is 18.3. The van der Waals surface area contributed by atoms with Crippen LogP contribution in [-0.4, -0.2) is 9.55 Å². The first-order chi connectivity index (χ1) is 12.5. The quantitative estimate of drug-likeness (QED) is 0.677. The molecule has 3 aromatic rings. The van der Waals surface area contributed by atoms with Gasteiger partial charge in [-0.25, -0.2) is 0 Å². The number of aromatic nitrogens is 2. The first-order valence-electron chi connectivity index (χ1n) is 9.03. The van der Waals surface area contributed by atoms with E-state index < -0.39 is 0 Å². The van der Waals surface area contributed by atoms with Crippen LogP contribution in [0.3, 0.4) is 0 Å². The molecule has 0 saturated carbocycles. The number of hydrogen-bond acceptors (Lipinski definition) is 2. The van der Waals surface area contributed by atoms with E-state index in [1.807, 2.05) is 36.4 Å². The van der Waals surface area contributed by atoms with E-state index in [-0.39, 0.29) is 11.0 Å². The van der Waals surface area contributed by atoms with Crippen molar-refractivity contribution in [3.63, 3.8) is 0 Å². The maximum Gasteiger partial charge on any atom is 0.258 e. The van der Waals surface area contributed by atoms with Gasteiger partial charge in [0, 0.05) is 16.5 Å². The SMILES string of the molecule is CC[C@@]1(C)Cc2ccccc2-c2[nH]c(=S)n(Cc3ccccc3)c(=O)c21. The highest BCUT2D eigenvalue weighted by Crippen LogP contribution is 2.42. The van der Waals surface area contributed by atoms with Crippen molar-refractivity contribution in [3.8, 4) is 11.3 Å².